The molecular weight excluding hydrogens is 372 g/mol. The van der Waals surface area contributed by atoms with Crippen molar-refractivity contribution in [1.29, 1.82) is 0 Å². The lowest BCUT2D eigenvalue weighted by molar-refractivity contribution is -0.123. The fourth-order valence-electron chi connectivity index (χ4n) is 3.76. The zero-order valence-corrected chi connectivity index (χ0v) is 17.2. The van der Waals surface area contributed by atoms with Gasteiger partial charge in [-0.3, -0.25) is 4.79 Å². The van der Waals surface area contributed by atoms with Gasteiger partial charge in [0.1, 0.15) is 17.1 Å². The molecule has 5 nitrogen and oxygen atoms in total. The Morgan fingerprint density at radius 1 is 1.29 bits per heavy atom. The Bertz CT molecular complexity index is 946. The van der Waals surface area contributed by atoms with Crippen molar-refractivity contribution in [2.24, 2.45) is 0 Å². The number of hydrogen-bond acceptors (Lipinski definition) is 5. The Balaban J connectivity index is 1.35. The fourth-order valence-corrected chi connectivity index (χ4v) is 4.68. The van der Waals surface area contributed by atoms with Crippen LogP contribution in [0.4, 0.5) is 0 Å². The number of carbonyl (C=O) groups is 1. The number of carbonyl (C=O) groups excluding carboxylic acids is 1. The Kier molecular flexibility index (Phi) is 5.69. The first-order chi connectivity index (χ1) is 13.6. The van der Waals surface area contributed by atoms with Crippen molar-refractivity contribution in [3.05, 3.63) is 51.9 Å². The topological polar surface area (TPSA) is 54.7 Å². The molecule has 1 aromatic carbocycles. The first kappa shape index (κ1) is 19.0. The van der Waals surface area contributed by atoms with Gasteiger partial charge in [0.25, 0.3) is 5.91 Å². The van der Waals surface area contributed by atoms with Crippen molar-refractivity contribution in [3.8, 4) is 5.75 Å². The average Bonchev–Trinajstić information content (AvgIpc) is 3.34. The van der Waals surface area contributed by atoms with Crippen molar-refractivity contribution in [3.63, 3.8) is 0 Å². The minimum atomic E-state index is -0.113. The van der Waals surface area contributed by atoms with Gasteiger partial charge in [0.2, 0.25) is 0 Å². The summed E-state index contributed by atoms with van der Waals surface area (Å²) in [4.78, 5) is 15.6. The van der Waals surface area contributed by atoms with Gasteiger partial charge >= 0.3 is 0 Å². The number of nitrogens with one attached hydrogen (secondary N) is 1. The molecule has 2 aromatic heterocycles. The minimum absolute atomic E-state index is 0.0101. The van der Waals surface area contributed by atoms with Gasteiger partial charge in [0, 0.05) is 28.8 Å². The van der Waals surface area contributed by atoms with Crippen LogP contribution in [-0.2, 0) is 17.6 Å². The summed E-state index contributed by atoms with van der Waals surface area (Å²) in [5.41, 5.74) is 2.22. The number of furan rings is 1. The van der Waals surface area contributed by atoms with E-state index in [1.807, 2.05) is 38.4 Å². The molecule has 0 saturated carbocycles. The van der Waals surface area contributed by atoms with E-state index >= 15 is 0 Å². The van der Waals surface area contributed by atoms with E-state index < -0.39 is 0 Å². The van der Waals surface area contributed by atoms with Gasteiger partial charge in [-0.2, -0.15) is 0 Å². The van der Waals surface area contributed by atoms with Crippen LogP contribution < -0.4 is 10.1 Å². The average molecular weight is 399 g/mol. The van der Waals surface area contributed by atoms with Crippen molar-refractivity contribution in [1.82, 2.24) is 10.2 Å². The Morgan fingerprint density at radius 3 is 2.93 bits per heavy atom. The second kappa shape index (κ2) is 8.37. The third-order valence-corrected chi connectivity index (χ3v) is 6.26. The molecule has 6 heteroatoms. The zero-order valence-electron chi connectivity index (χ0n) is 16.4. The summed E-state index contributed by atoms with van der Waals surface area (Å²) in [6.07, 6.45) is 4.46. The molecule has 4 rings (SSSR count). The van der Waals surface area contributed by atoms with Crippen molar-refractivity contribution < 1.29 is 13.9 Å². The number of amides is 1. The smallest absolute Gasteiger partial charge is 0.258 e. The molecule has 1 unspecified atom stereocenters. The predicted molar refractivity (Wildman–Crippen MR) is 112 cm³/mol. The molecule has 1 atom stereocenters. The molecule has 2 heterocycles. The van der Waals surface area contributed by atoms with Gasteiger partial charge < -0.3 is 19.4 Å². The Hall–Kier alpha value is -2.31. The molecule has 1 aliphatic carbocycles. The number of benzene rings is 1. The maximum Gasteiger partial charge on any atom is 0.258 e. The lowest BCUT2D eigenvalue weighted by Crippen LogP contribution is -2.36. The Labute approximate surface area is 169 Å². The van der Waals surface area contributed by atoms with Crippen LogP contribution >= 0.6 is 11.3 Å². The number of aryl methyl sites for hydroxylation is 2. The number of likely N-dealkylation sites (N-methyl/N-ethyl adjacent to an activating group) is 1. The summed E-state index contributed by atoms with van der Waals surface area (Å²) >= 11 is 1.70. The number of rotatable bonds is 7. The summed E-state index contributed by atoms with van der Waals surface area (Å²) < 4.78 is 11.7. The molecule has 0 spiro atoms. The van der Waals surface area contributed by atoms with E-state index in [9.17, 15) is 4.79 Å². The van der Waals surface area contributed by atoms with E-state index in [1.54, 1.807) is 11.3 Å². The largest absolute Gasteiger partial charge is 0.484 e. The number of fused-ring (bicyclic) bond motifs is 3. The molecule has 0 fully saturated rings. The third-order valence-electron chi connectivity index (χ3n) is 5.28. The molecule has 1 amide bonds. The highest BCUT2D eigenvalue weighted by atomic mass is 32.1. The first-order valence-corrected chi connectivity index (χ1v) is 10.6. The van der Waals surface area contributed by atoms with Crippen LogP contribution in [0.5, 0.6) is 5.75 Å². The molecule has 0 saturated heterocycles. The van der Waals surface area contributed by atoms with Gasteiger partial charge in [-0.15, -0.1) is 11.3 Å². The molecule has 1 N–H and O–H groups in total. The summed E-state index contributed by atoms with van der Waals surface area (Å²) in [7, 11) is 4.04. The van der Waals surface area contributed by atoms with Crippen LogP contribution in [0.2, 0.25) is 0 Å². The molecule has 0 aliphatic heterocycles. The van der Waals surface area contributed by atoms with E-state index in [4.69, 9.17) is 9.15 Å². The van der Waals surface area contributed by atoms with E-state index in [1.165, 1.54) is 23.3 Å². The van der Waals surface area contributed by atoms with E-state index in [-0.39, 0.29) is 18.6 Å². The molecule has 0 radical (unpaired) electrons. The van der Waals surface area contributed by atoms with Gasteiger partial charge in [-0.1, -0.05) is 6.07 Å². The second-order valence-electron chi connectivity index (χ2n) is 7.46. The maximum atomic E-state index is 12.3. The molecular formula is C22H26N2O3S. The van der Waals surface area contributed by atoms with Gasteiger partial charge in [0.15, 0.2) is 6.61 Å². The molecule has 148 valence electrons. The van der Waals surface area contributed by atoms with Crippen LogP contribution in [0.15, 0.2) is 40.1 Å². The number of hydrogen-bond donors (Lipinski definition) is 1. The van der Waals surface area contributed by atoms with Gasteiger partial charge in [-0.25, -0.2) is 0 Å². The van der Waals surface area contributed by atoms with Crippen LogP contribution in [0.3, 0.4) is 0 Å². The normalized spacial score (nSPS) is 14.8. The standard InChI is InChI=1S/C22H26N2O3S/c1-24(2)18(21-8-5-11-28-21)13-23-22(25)14-26-15-9-10-20-17(12-15)16-6-3-4-7-19(16)27-20/h5,8-12,18H,3-4,6-7,13-14H2,1-2H3,(H,23,25). The highest BCUT2D eigenvalue weighted by Gasteiger charge is 2.19. The van der Waals surface area contributed by atoms with Crippen LogP contribution in [0, 0.1) is 0 Å². The zero-order chi connectivity index (χ0) is 19.5. The first-order valence-electron chi connectivity index (χ1n) is 9.75. The number of nitrogens with zero attached hydrogens (tertiary/aromatic N) is 1. The third kappa shape index (κ3) is 4.08. The fraction of sp³-hybridized carbons (Fsp3) is 0.409. The highest BCUT2D eigenvalue weighted by Crippen LogP contribution is 2.33. The maximum absolute atomic E-state index is 12.3. The van der Waals surface area contributed by atoms with Crippen molar-refractivity contribution in [2.45, 2.75) is 31.7 Å². The Morgan fingerprint density at radius 2 is 2.14 bits per heavy atom. The van der Waals surface area contributed by atoms with E-state index in [0.29, 0.717) is 12.3 Å². The summed E-state index contributed by atoms with van der Waals surface area (Å²) in [6.45, 7) is 0.570. The molecule has 28 heavy (non-hydrogen) atoms. The van der Waals surface area contributed by atoms with Crippen LogP contribution in [0.25, 0.3) is 11.0 Å². The quantitative estimate of drug-likeness (QED) is 0.649. The van der Waals surface area contributed by atoms with E-state index in [0.717, 1.165) is 29.6 Å². The summed E-state index contributed by atoms with van der Waals surface area (Å²) in [5, 5.41) is 6.17. The SMILES string of the molecule is CN(C)C(CNC(=O)COc1ccc2oc3c(c2c1)CCCC3)c1cccs1. The highest BCUT2D eigenvalue weighted by molar-refractivity contribution is 7.10. The van der Waals surface area contributed by atoms with Crippen LogP contribution in [-0.4, -0.2) is 38.1 Å². The monoisotopic (exact) mass is 398 g/mol. The van der Waals surface area contributed by atoms with Crippen LogP contribution in [0.1, 0.15) is 35.1 Å². The van der Waals surface area contributed by atoms with E-state index in [2.05, 4.69) is 21.7 Å². The molecule has 3 aromatic rings. The second-order valence-corrected chi connectivity index (χ2v) is 8.44. The molecule has 1 aliphatic rings. The van der Waals surface area contributed by atoms with Crippen molar-refractivity contribution >= 4 is 28.2 Å². The summed E-state index contributed by atoms with van der Waals surface area (Å²) in [5.74, 6) is 1.71. The van der Waals surface area contributed by atoms with Crippen molar-refractivity contribution in [2.75, 3.05) is 27.2 Å². The lowest BCUT2D eigenvalue weighted by Gasteiger charge is -2.23. The minimum Gasteiger partial charge on any atom is -0.484 e. The number of thiophene rings is 1. The summed E-state index contributed by atoms with van der Waals surface area (Å²) in [6, 6.07) is 10.1. The number of ether oxygens (including phenoxy) is 1. The van der Waals surface area contributed by atoms with Gasteiger partial charge in [-0.05, 0) is 63.0 Å². The molecule has 0 bridgehead atoms. The predicted octanol–water partition coefficient (Wildman–Crippen LogP) is 4.17. The van der Waals surface area contributed by atoms with Gasteiger partial charge in [0.05, 0.1) is 6.04 Å². The lowest BCUT2D eigenvalue weighted by atomic mass is 9.96.